The van der Waals surface area contributed by atoms with Gasteiger partial charge in [-0.05, 0) is 25.0 Å². The summed E-state index contributed by atoms with van der Waals surface area (Å²) in [6.07, 6.45) is 1.23. The number of alkyl halides is 1. The zero-order valence-electron chi connectivity index (χ0n) is 19.7. The van der Waals surface area contributed by atoms with Crippen molar-refractivity contribution in [1.82, 2.24) is 39.5 Å². The van der Waals surface area contributed by atoms with Crippen LogP contribution in [0.25, 0.3) is 27.9 Å². The molecule has 5 rings (SSSR count). The van der Waals surface area contributed by atoms with E-state index in [2.05, 4.69) is 36.0 Å². The highest BCUT2D eigenvalue weighted by Crippen LogP contribution is 2.33. The molecule has 0 spiro atoms. The highest BCUT2D eigenvalue weighted by Gasteiger charge is 2.31. The van der Waals surface area contributed by atoms with Crippen LogP contribution < -0.4 is 10.6 Å². The fraction of sp³-hybridized carbons (Fsp3) is 0.455. The topological polar surface area (TPSA) is 118 Å². The van der Waals surface area contributed by atoms with E-state index in [9.17, 15) is 9.18 Å². The lowest BCUT2D eigenvalue weighted by Crippen LogP contribution is -2.49. The van der Waals surface area contributed by atoms with Crippen LogP contribution in [-0.2, 0) is 11.3 Å². The molecule has 13 heteroatoms. The molecule has 1 fully saturated rings. The van der Waals surface area contributed by atoms with Crippen molar-refractivity contribution in [2.24, 2.45) is 0 Å². The molecule has 2 atom stereocenters. The van der Waals surface area contributed by atoms with E-state index in [0.717, 1.165) is 6.42 Å². The Bertz CT molecular complexity index is 1400. The van der Waals surface area contributed by atoms with Crippen molar-refractivity contribution >= 4 is 34.4 Å². The van der Waals surface area contributed by atoms with Gasteiger partial charge in [-0.25, -0.2) is 23.0 Å². The van der Waals surface area contributed by atoms with E-state index in [0.29, 0.717) is 47.7 Å². The zero-order chi connectivity index (χ0) is 24.7. The largest absolute Gasteiger partial charge is 0.371 e. The van der Waals surface area contributed by atoms with Crippen LogP contribution in [0.3, 0.4) is 0 Å². The lowest BCUT2D eigenvalue weighted by molar-refractivity contribution is -0.131. The number of aryl methyl sites for hydroxylation is 1. The first kappa shape index (κ1) is 22.9. The molecule has 0 radical (unpaired) electrons. The molecular formula is C22H26F2N10O. The Labute approximate surface area is 199 Å². The third-order valence-electron chi connectivity index (χ3n) is 6.17. The molecule has 4 aromatic rings. The van der Waals surface area contributed by atoms with Crippen LogP contribution >= 0.6 is 0 Å². The van der Waals surface area contributed by atoms with Gasteiger partial charge in [0.15, 0.2) is 17.3 Å². The number of hydrogen-bond donors (Lipinski definition) is 2. The second-order valence-corrected chi connectivity index (χ2v) is 8.55. The summed E-state index contributed by atoms with van der Waals surface area (Å²) in [5, 5.41) is 18.6. The second kappa shape index (κ2) is 9.04. The van der Waals surface area contributed by atoms with E-state index in [-0.39, 0.29) is 24.0 Å². The number of fused-ring (bicyclic) bond motifs is 2. The Morgan fingerprint density at radius 2 is 2.11 bits per heavy atom. The van der Waals surface area contributed by atoms with Crippen LogP contribution in [0.5, 0.6) is 0 Å². The highest BCUT2D eigenvalue weighted by atomic mass is 19.1. The first-order valence-corrected chi connectivity index (χ1v) is 11.5. The van der Waals surface area contributed by atoms with E-state index < -0.39 is 18.0 Å². The van der Waals surface area contributed by atoms with E-state index >= 15 is 4.39 Å². The summed E-state index contributed by atoms with van der Waals surface area (Å²) >= 11 is 0. The number of likely N-dealkylation sites (tertiary alicyclic amines) is 1. The minimum atomic E-state index is -1.28. The Kier molecular flexibility index (Phi) is 5.91. The number of nitrogens with zero attached hydrogens (tertiary/aromatic N) is 8. The predicted octanol–water partition coefficient (Wildman–Crippen LogP) is 2.50. The van der Waals surface area contributed by atoms with Crippen molar-refractivity contribution in [1.29, 1.82) is 0 Å². The first-order valence-electron chi connectivity index (χ1n) is 11.5. The lowest BCUT2D eigenvalue weighted by Gasteiger charge is -2.34. The summed E-state index contributed by atoms with van der Waals surface area (Å²) in [6, 6.07) is 2.88. The monoisotopic (exact) mass is 484 g/mol. The van der Waals surface area contributed by atoms with Crippen LogP contribution in [0, 0.1) is 5.82 Å². The smallest absolute Gasteiger partial charge is 0.243 e. The van der Waals surface area contributed by atoms with Crippen molar-refractivity contribution in [3.8, 4) is 11.3 Å². The number of pyridine rings is 1. The number of piperidine rings is 1. The fourth-order valence-electron chi connectivity index (χ4n) is 4.41. The molecule has 0 aliphatic carbocycles. The van der Waals surface area contributed by atoms with Gasteiger partial charge in [0, 0.05) is 27.1 Å². The van der Waals surface area contributed by atoms with Crippen LogP contribution in [0.1, 0.15) is 26.7 Å². The number of halogens is 2. The Balaban J connectivity index is 1.51. The molecule has 35 heavy (non-hydrogen) atoms. The molecule has 2 N–H and O–H groups in total. The summed E-state index contributed by atoms with van der Waals surface area (Å²) in [6.45, 7) is 4.54. The van der Waals surface area contributed by atoms with Crippen LogP contribution in [0.15, 0.2) is 18.3 Å². The van der Waals surface area contributed by atoms with Gasteiger partial charge in [0.05, 0.1) is 30.0 Å². The molecule has 5 heterocycles. The molecule has 1 aliphatic rings. The normalized spacial score (nSPS) is 18.4. The van der Waals surface area contributed by atoms with E-state index in [1.54, 1.807) is 23.9 Å². The van der Waals surface area contributed by atoms with E-state index in [1.807, 2.05) is 6.92 Å². The van der Waals surface area contributed by atoms with Gasteiger partial charge in [0.1, 0.15) is 17.2 Å². The average molecular weight is 485 g/mol. The molecule has 1 aliphatic heterocycles. The summed E-state index contributed by atoms with van der Waals surface area (Å²) in [5.41, 5.74) is 2.24. The van der Waals surface area contributed by atoms with Gasteiger partial charge in [-0.1, -0.05) is 12.1 Å². The number of anilines is 2. The summed E-state index contributed by atoms with van der Waals surface area (Å²) in [4.78, 5) is 22.1. The summed E-state index contributed by atoms with van der Waals surface area (Å²) in [5.74, 6) is -0.162. The predicted molar refractivity (Wildman–Crippen MR) is 126 cm³/mol. The molecule has 1 amide bonds. The standard InChI is InChI=1S/C22H26F2N10O/c1-4-8-33-21-17(29-31-33)6-5-16(26-21)18-14(24)11-34-19(18)20(25-3)28-22(30-34)27-15-7-9-32(12(2)35)10-13(15)23/h5-6,11,13,15H,4,7-10H2,1-3H3,(H2,25,27,28,30)/t13-,15+/m1/s1. The molecular weight excluding hydrogens is 458 g/mol. The van der Waals surface area contributed by atoms with E-state index in [4.69, 9.17) is 0 Å². The lowest BCUT2D eigenvalue weighted by atomic mass is 10.0. The summed E-state index contributed by atoms with van der Waals surface area (Å²) in [7, 11) is 1.67. The molecule has 0 unspecified atom stereocenters. The fourth-order valence-corrected chi connectivity index (χ4v) is 4.41. The van der Waals surface area contributed by atoms with Crippen molar-refractivity contribution in [2.75, 3.05) is 30.8 Å². The first-order chi connectivity index (χ1) is 16.9. The molecule has 11 nitrogen and oxygen atoms in total. The number of nitrogens with one attached hydrogen (secondary N) is 2. The molecule has 0 saturated carbocycles. The number of rotatable bonds is 6. The van der Waals surface area contributed by atoms with Gasteiger partial charge in [0.2, 0.25) is 11.9 Å². The molecule has 0 bridgehead atoms. The van der Waals surface area contributed by atoms with Gasteiger partial charge < -0.3 is 15.5 Å². The van der Waals surface area contributed by atoms with E-state index in [1.165, 1.54) is 22.5 Å². The quantitative estimate of drug-likeness (QED) is 0.429. The number of aromatic nitrogens is 7. The van der Waals surface area contributed by atoms with Gasteiger partial charge >= 0.3 is 0 Å². The number of hydrogen-bond acceptors (Lipinski definition) is 8. The molecule has 184 valence electrons. The van der Waals surface area contributed by atoms with Crippen LogP contribution in [-0.4, -0.2) is 77.7 Å². The van der Waals surface area contributed by atoms with Gasteiger partial charge in [-0.2, -0.15) is 4.98 Å². The molecule has 4 aromatic heterocycles. The maximum absolute atomic E-state index is 15.2. The maximum atomic E-state index is 15.2. The highest BCUT2D eigenvalue weighted by molar-refractivity contribution is 5.89. The van der Waals surface area contributed by atoms with Crippen LogP contribution in [0.2, 0.25) is 0 Å². The van der Waals surface area contributed by atoms with Crippen molar-refractivity contribution in [3.63, 3.8) is 0 Å². The SMILES string of the molecule is CCCn1nnc2ccc(-c3c(F)cn4nc(N[C@H]5CCN(C(C)=O)C[C@H]5F)nc(NC)c34)nc21. The minimum Gasteiger partial charge on any atom is -0.371 e. The van der Waals surface area contributed by atoms with Crippen molar-refractivity contribution in [3.05, 3.63) is 24.1 Å². The Morgan fingerprint density at radius 3 is 2.83 bits per heavy atom. The molecule has 1 saturated heterocycles. The Morgan fingerprint density at radius 1 is 1.29 bits per heavy atom. The number of amides is 1. The van der Waals surface area contributed by atoms with Gasteiger partial charge in [0.25, 0.3) is 0 Å². The summed E-state index contributed by atoms with van der Waals surface area (Å²) < 4.78 is 33.0. The number of carbonyl (C=O) groups excluding carboxylic acids is 1. The molecule has 0 aromatic carbocycles. The number of carbonyl (C=O) groups is 1. The van der Waals surface area contributed by atoms with Crippen molar-refractivity contribution < 1.29 is 13.6 Å². The average Bonchev–Trinajstić information content (AvgIpc) is 3.39. The third-order valence-corrected chi connectivity index (χ3v) is 6.17. The zero-order valence-corrected chi connectivity index (χ0v) is 19.7. The van der Waals surface area contributed by atoms with Crippen LogP contribution in [0.4, 0.5) is 20.5 Å². The Hall–Kier alpha value is -3.90. The second-order valence-electron chi connectivity index (χ2n) is 8.55. The third kappa shape index (κ3) is 4.10. The maximum Gasteiger partial charge on any atom is 0.243 e. The minimum absolute atomic E-state index is 0.00798. The van der Waals surface area contributed by atoms with Gasteiger partial charge in [-0.15, -0.1) is 10.2 Å². The van der Waals surface area contributed by atoms with Gasteiger partial charge in [-0.3, -0.25) is 4.79 Å². The van der Waals surface area contributed by atoms with Crippen molar-refractivity contribution in [2.45, 2.75) is 45.4 Å².